The van der Waals surface area contributed by atoms with E-state index in [9.17, 15) is 13.5 Å². The summed E-state index contributed by atoms with van der Waals surface area (Å²) in [4.78, 5) is 2.31. The van der Waals surface area contributed by atoms with E-state index < -0.39 is 32.9 Å². The van der Waals surface area contributed by atoms with Crippen LogP contribution in [0.25, 0.3) is 0 Å². The third-order valence-electron chi connectivity index (χ3n) is 7.78. The average molecular weight is 546 g/mol. The van der Waals surface area contributed by atoms with Crippen molar-refractivity contribution in [3.63, 3.8) is 0 Å². The Labute approximate surface area is 230 Å². The van der Waals surface area contributed by atoms with Gasteiger partial charge in [-0.3, -0.25) is 0 Å². The number of ether oxygens (including phenoxy) is 2. The molecule has 212 valence electrons. The minimum Gasteiger partial charge on any atom is -0.485 e. The van der Waals surface area contributed by atoms with Gasteiger partial charge in [0.05, 0.1) is 23.4 Å². The second-order valence-electron chi connectivity index (χ2n) is 11.7. The monoisotopic (exact) mass is 545 g/mol. The smallest absolute Gasteiger partial charge is 0.179 e. The lowest BCUT2D eigenvalue weighted by Gasteiger charge is -2.40. The summed E-state index contributed by atoms with van der Waals surface area (Å²) in [5.74, 6) is 0.201. The third kappa shape index (κ3) is 6.72. The number of benzene rings is 2. The Morgan fingerprint density at radius 3 is 2.16 bits per heavy atom. The minimum atomic E-state index is -3.62. The fourth-order valence-electron chi connectivity index (χ4n) is 5.83. The molecule has 1 aliphatic rings. The molecule has 1 heterocycles. The van der Waals surface area contributed by atoms with Gasteiger partial charge in [0.1, 0.15) is 11.4 Å². The van der Waals surface area contributed by atoms with Gasteiger partial charge in [0.15, 0.2) is 9.84 Å². The van der Waals surface area contributed by atoms with Crippen molar-refractivity contribution in [1.82, 2.24) is 0 Å². The van der Waals surface area contributed by atoms with Crippen LogP contribution in [0, 0.1) is 5.41 Å². The highest BCUT2D eigenvalue weighted by Crippen LogP contribution is 2.50. The Hall–Kier alpha value is -2.09. The van der Waals surface area contributed by atoms with Crippen LogP contribution < -0.4 is 9.64 Å². The zero-order valence-electron chi connectivity index (χ0n) is 24.3. The Bertz CT molecular complexity index is 1150. The first-order chi connectivity index (χ1) is 17.9. The summed E-state index contributed by atoms with van der Waals surface area (Å²) >= 11 is 0. The molecule has 1 aliphatic heterocycles. The highest BCUT2D eigenvalue weighted by Gasteiger charge is 2.49. The molecule has 38 heavy (non-hydrogen) atoms. The number of aliphatic hydroxyl groups is 1. The molecule has 0 aliphatic carbocycles. The molecule has 7 heteroatoms. The standard InChI is InChI=1S/C31H47NO5S/c1-8-10-18-31(19-11-9-2)22-38(34,35)27-17-14-24(32(5)6)20-26(27)28(29(31)33)23-12-15-25(16-13-23)37-30(3,4)21-36-7/h12-17,20,28-29,33H,8-11,18-19,21-22H2,1-7H3/t28-,29-/m1/s1. The maximum absolute atomic E-state index is 14.0. The number of hydrogen-bond acceptors (Lipinski definition) is 6. The summed E-state index contributed by atoms with van der Waals surface area (Å²) in [5.41, 5.74) is 1.26. The Balaban J connectivity index is 2.20. The summed E-state index contributed by atoms with van der Waals surface area (Å²) in [6, 6.07) is 13.3. The molecular weight excluding hydrogens is 498 g/mol. The van der Waals surface area contributed by atoms with Crippen LogP contribution in [0.4, 0.5) is 5.69 Å². The van der Waals surface area contributed by atoms with E-state index in [0.29, 0.717) is 35.7 Å². The van der Waals surface area contributed by atoms with Crippen molar-refractivity contribution in [2.45, 2.75) is 88.7 Å². The number of sulfone groups is 1. The summed E-state index contributed by atoms with van der Waals surface area (Å²) in [5, 5.41) is 12.3. The Morgan fingerprint density at radius 1 is 1.03 bits per heavy atom. The predicted molar refractivity (Wildman–Crippen MR) is 155 cm³/mol. The summed E-state index contributed by atoms with van der Waals surface area (Å²) in [7, 11) is 1.92. The highest BCUT2D eigenvalue weighted by atomic mass is 32.2. The van der Waals surface area contributed by atoms with Crippen LogP contribution in [0.15, 0.2) is 47.4 Å². The molecule has 2 atom stereocenters. The minimum absolute atomic E-state index is 0.0294. The van der Waals surface area contributed by atoms with Gasteiger partial charge < -0.3 is 19.5 Å². The van der Waals surface area contributed by atoms with Crippen molar-refractivity contribution in [2.75, 3.05) is 38.5 Å². The maximum Gasteiger partial charge on any atom is 0.179 e. The molecule has 0 fully saturated rings. The van der Waals surface area contributed by atoms with Crippen molar-refractivity contribution in [3.05, 3.63) is 53.6 Å². The van der Waals surface area contributed by atoms with Gasteiger partial charge in [-0.1, -0.05) is 51.7 Å². The number of nitrogens with zero attached hydrogens (tertiary/aromatic N) is 1. The number of rotatable bonds is 12. The largest absolute Gasteiger partial charge is 0.485 e. The van der Waals surface area contributed by atoms with Gasteiger partial charge in [-0.15, -0.1) is 0 Å². The van der Waals surface area contributed by atoms with E-state index in [0.717, 1.165) is 36.9 Å². The van der Waals surface area contributed by atoms with Crippen LogP contribution >= 0.6 is 0 Å². The zero-order chi connectivity index (χ0) is 28.1. The number of hydrogen-bond donors (Lipinski definition) is 1. The molecule has 2 aromatic carbocycles. The van der Waals surface area contributed by atoms with E-state index in [1.807, 2.05) is 69.2 Å². The van der Waals surface area contributed by atoms with Crippen molar-refractivity contribution in [2.24, 2.45) is 5.41 Å². The summed E-state index contributed by atoms with van der Waals surface area (Å²) in [6.07, 6.45) is 4.18. The average Bonchev–Trinajstić information content (AvgIpc) is 2.92. The lowest BCUT2D eigenvalue weighted by atomic mass is 9.68. The second kappa shape index (κ2) is 12.4. The number of fused-ring (bicyclic) bond motifs is 1. The summed E-state index contributed by atoms with van der Waals surface area (Å²) < 4.78 is 39.3. The molecule has 2 aromatic rings. The van der Waals surface area contributed by atoms with Gasteiger partial charge in [-0.2, -0.15) is 0 Å². The van der Waals surface area contributed by atoms with E-state index in [-0.39, 0.29) is 5.75 Å². The quantitative estimate of drug-likeness (QED) is 0.342. The van der Waals surface area contributed by atoms with Crippen molar-refractivity contribution in [1.29, 1.82) is 0 Å². The number of anilines is 1. The van der Waals surface area contributed by atoms with Gasteiger partial charge in [0, 0.05) is 38.2 Å². The lowest BCUT2D eigenvalue weighted by molar-refractivity contribution is 0.0124. The van der Waals surface area contributed by atoms with Gasteiger partial charge in [-0.05, 0) is 68.1 Å². The van der Waals surface area contributed by atoms with Crippen molar-refractivity contribution in [3.8, 4) is 5.75 Å². The zero-order valence-corrected chi connectivity index (χ0v) is 25.1. The van der Waals surface area contributed by atoms with Gasteiger partial charge in [0.25, 0.3) is 0 Å². The fourth-order valence-corrected chi connectivity index (χ4v) is 8.02. The first kappa shape index (κ1) is 30.5. The molecular formula is C31H47NO5S. The summed E-state index contributed by atoms with van der Waals surface area (Å²) in [6.45, 7) is 8.62. The highest BCUT2D eigenvalue weighted by molar-refractivity contribution is 7.91. The number of unbranched alkanes of at least 4 members (excludes halogenated alkanes) is 2. The SMILES string of the molecule is CCCCC1(CCCC)CS(=O)(=O)c2ccc(N(C)C)cc2[C@@H](c2ccc(OC(C)(C)COC)cc2)[C@H]1O. The van der Waals surface area contributed by atoms with Crippen LogP contribution in [0.3, 0.4) is 0 Å². The molecule has 0 amide bonds. The normalized spacial score (nSPS) is 20.4. The van der Waals surface area contributed by atoms with Gasteiger partial charge >= 0.3 is 0 Å². The van der Waals surface area contributed by atoms with Crippen molar-refractivity contribution < 1.29 is 23.0 Å². The molecule has 0 unspecified atom stereocenters. The van der Waals surface area contributed by atoms with Gasteiger partial charge in [0.2, 0.25) is 0 Å². The molecule has 0 spiro atoms. The molecule has 0 saturated carbocycles. The maximum atomic E-state index is 14.0. The second-order valence-corrected chi connectivity index (χ2v) is 13.7. The van der Waals surface area contributed by atoms with E-state index >= 15 is 0 Å². The van der Waals surface area contributed by atoms with Gasteiger partial charge in [-0.25, -0.2) is 8.42 Å². The first-order valence-corrected chi connectivity index (χ1v) is 15.5. The predicted octanol–water partition coefficient (Wildman–Crippen LogP) is 6.20. The first-order valence-electron chi connectivity index (χ1n) is 13.9. The molecule has 0 radical (unpaired) electrons. The van der Waals surface area contributed by atoms with Crippen LogP contribution in [-0.2, 0) is 14.6 Å². The number of methoxy groups -OCH3 is 1. The van der Waals surface area contributed by atoms with E-state index in [1.165, 1.54) is 0 Å². The Kier molecular flexibility index (Phi) is 9.93. The fraction of sp³-hybridized carbons (Fsp3) is 0.613. The molecule has 0 saturated heterocycles. The topological polar surface area (TPSA) is 76.1 Å². The van der Waals surface area contributed by atoms with E-state index in [1.54, 1.807) is 13.2 Å². The van der Waals surface area contributed by atoms with Crippen LogP contribution in [0.1, 0.15) is 83.3 Å². The van der Waals surface area contributed by atoms with E-state index in [4.69, 9.17) is 9.47 Å². The van der Waals surface area contributed by atoms with Crippen LogP contribution in [0.2, 0.25) is 0 Å². The van der Waals surface area contributed by atoms with Crippen molar-refractivity contribution >= 4 is 15.5 Å². The number of aliphatic hydroxyl groups excluding tert-OH is 1. The third-order valence-corrected chi connectivity index (χ3v) is 9.78. The molecule has 0 aromatic heterocycles. The Morgan fingerprint density at radius 2 is 1.63 bits per heavy atom. The molecule has 1 N–H and O–H groups in total. The molecule has 0 bridgehead atoms. The van der Waals surface area contributed by atoms with Crippen LogP contribution in [-0.4, -0.2) is 58.8 Å². The molecule has 6 nitrogen and oxygen atoms in total. The molecule has 3 rings (SSSR count). The van der Waals surface area contributed by atoms with Crippen LogP contribution in [0.5, 0.6) is 5.75 Å². The van der Waals surface area contributed by atoms with E-state index in [2.05, 4.69) is 13.8 Å². The lowest BCUT2D eigenvalue weighted by Crippen LogP contribution is -2.43.